The molecule has 3 rings (SSSR count). The van der Waals surface area contributed by atoms with Crippen molar-refractivity contribution in [2.45, 2.75) is 43.0 Å². The van der Waals surface area contributed by atoms with Crippen LogP contribution >= 0.6 is 22.9 Å². The molecular weight excluding hydrogens is 404 g/mol. The molecule has 1 aromatic heterocycles. The number of hydrogen-bond acceptors (Lipinski definition) is 4. The van der Waals surface area contributed by atoms with Crippen molar-refractivity contribution in [2.75, 3.05) is 6.54 Å². The first kappa shape index (κ1) is 20.3. The third-order valence-corrected chi connectivity index (χ3v) is 7.44. The molecule has 1 aliphatic rings. The first-order valence-corrected chi connectivity index (χ1v) is 11.8. The second-order valence-electron chi connectivity index (χ2n) is 6.71. The summed E-state index contributed by atoms with van der Waals surface area (Å²) in [5.41, 5.74) is 0. The van der Waals surface area contributed by atoms with Gasteiger partial charge in [-0.05, 0) is 48.4 Å². The van der Waals surface area contributed by atoms with Crippen molar-refractivity contribution < 1.29 is 13.2 Å². The van der Waals surface area contributed by atoms with E-state index in [0.29, 0.717) is 10.9 Å². The minimum Gasteiger partial charge on any atom is -0.348 e. The van der Waals surface area contributed by atoms with Gasteiger partial charge in [0.25, 0.3) is 0 Å². The third-order valence-electron chi connectivity index (χ3n) is 4.79. The maximum absolute atomic E-state index is 12.4. The number of benzene rings is 1. The quantitative estimate of drug-likeness (QED) is 0.666. The molecule has 27 heavy (non-hydrogen) atoms. The molecule has 2 aromatic rings. The van der Waals surface area contributed by atoms with E-state index in [1.54, 1.807) is 23.5 Å². The number of sulfonamides is 1. The lowest BCUT2D eigenvalue weighted by molar-refractivity contribution is -0.122. The number of thiophene rings is 1. The van der Waals surface area contributed by atoms with E-state index >= 15 is 0 Å². The molecule has 1 unspecified atom stereocenters. The van der Waals surface area contributed by atoms with Gasteiger partial charge < -0.3 is 5.32 Å². The van der Waals surface area contributed by atoms with Crippen LogP contribution in [0, 0.1) is 5.92 Å². The summed E-state index contributed by atoms with van der Waals surface area (Å²) in [4.78, 5) is 13.7. The maximum Gasteiger partial charge on any atom is 0.240 e. The van der Waals surface area contributed by atoms with Gasteiger partial charge in [0.1, 0.15) is 0 Å². The Labute approximate surface area is 169 Å². The minimum atomic E-state index is -3.68. The van der Waals surface area contributed by atoms with Crippen molar-refractivity contribution >= 4 is 38.9 Å². The fourth-order valence-corrected chi connectivity index (χ4v) is 5.64. The number of carbonyl (C=O) groups excluding carboxylic acids is 1. The van der Waals surface area contributed by atoms with Crippen LogP contribution in [0.2, 0.25) is 5.02 Å². The number of carbonyl (C=O) groups is 1. The van der Waals surface area contributed by atoms with Gasteiger partial charge in [0.2, 0.25) is 15.9 Å². The van der Waals surface area contributed by atoms with Crippen LogP contribution in [0.4, 0.5) is 0 Å². The fourth-order valence-electron chi connectivity index (χ4n) is 3.44. The summed E-state index contributed by atoms with van der Waals surface area (Å²) in [5, 5.41) is 5.48. The highest BCUT2D eigenvalue weighted by Gasteiger charge is 2.28. The van der Waals surface area contributed by atoms with Crippen LogP contribution in [0.5, 0.6) is 0 Å². The molecule has 0 spiro atoms. The first-order valence-electron chi connectivity index (χ1n) is 9.04. The zero-order chi connectivity index (χ0) is 19.3. The Hall–Kier alpha value is -1.41. The van der Waals surface area contributed by atoms with Crippen molar-refractivity contribution in [2.24, 2.45) is 5.92 Å². The highest BCUT2D eigenvalue weighted by atomic mass is 35.5. The Morgan fingerprint density at radius 3 is 2.67 bits per heavy atom. The van der Waals surface area contributed by atoms with E-state index in [4.69, 9.17) is 11.6 Å². The molecule has 5 nitrogen and oxygen atoms in total. The maximum atomic E-state index is 12.4. The molecule has 1 amide bonds. The molecule has 146 valence electrons. The average molecular weight is 427 g/mol. The van der Waals surface area contributed by atoms with Gasteiger partial charge in [-0.3, -0.25) is 4.79 Å². The van der Waals surface area contributed by atoms with Gasteiger partial charge in [0, 0.05) is 22.9 Å². The molecule has 1 atom stereocenters. The summed E-state index contributed by atoms with van der Waals surface area (Å²) in [7, 11) is -3.68. The monoisotopic (exact) mass is 426 g/mol. The zero-order valence-electron chi connectivity index (χ0n) is 14.9. The molecular formula is C19H23ClN2O3S2. The molecule has 1 aliphatic carbocycles. The molecule has 1 aromatic carbocycles. The first-order chi connectivity index (χ1) is 13.0. The van der Waals surface area contributed by atoms with Gasteiger partial charge in [0.05, 0.1) is 10.9 Å². The number of hydrogen-bond donors (Lipinski definition) is 2. The fraction of sp³-hybridized carbons (Fsp3) is 0.421. The highest BCUT2D eigenvalue weighted by Crippen LogP contribution is 2.37. The van der Waals surface area contributed by atoms with Crippen molar-refractivity contribution in [3.8, 4) is 0 Å². The Morgan fingerprint density at radius 2 is 2.00 bits per heavy atom. The van der Waals surface area contributed by atoms with E-state index < -0.39 is 10.0 Å². The van der Waals surface area contributed by atoms with Gasteiger partial charge in [-0.2, -0.15) is 0 Å². The summed E-state index contributed by atoms with van der Waals surface area (Å²) >= 11 is 7.50. The predicted octanol–water partition coefficient (Wildman–Crippen LogP) is 4.12. The van der Waals surface area contributed by atoms with Crippen LogP contribution in [0.3, 0.4) is 0 Å². The standard InChI is InChI=1S/C19H23ClN2O3S2/c20-15-7-3-8-16(13-15)27(24,25)21-11-10-18(23)22-19(14-5-1-2-6-14)17-9-4-12-26-17/h3-4,7-9,12-14,19,21H,1-2,5-6,10-11H2,(H,22,23). The Morgan fingerprint density at radius 1 is 1.22 bits per heavy atom. The van der Waals surface area contributed by atoms with Gasteiger partial charge in [0.15, 0.2) is 0 Å². The molecule has 2 N–H and O–H groups in total. The Kier molecular flexibility index (Phi) is 6.92. The second-order valence-corrected chi connectivity index (χ2v) is 9.89. The summed E-state index contributed by atoms with van der Waals surface area (Å²) in [6.07, 6.45) is 4.71. The van der Waals surface area contributed by atoms with Gasteiger partial charge >= 0.3 is 0 Å². The molecule has 0 radical (unpaired) electrons. The number of halogens is 1. The molecule has 1 fully saturated rings. The number of amides is 1. The topological polar surface area (TPSA) is 75.3 Å². The van der Waals surface area contributed by atoms with Crippen molar-refractivity contribution in [1.29, 1.82) is 0 Å². The van der Waals surface area contributed by atoms with Crippen LogP contribution < -0.4 is 10.0 Å². The SMILES string of the molecule is O=C(CCNS(=O)(=O)c1cccc(Cl)c1)NC(c1cccs1)C1CCCC1. The van der Waals surface area contributed by atoms with E-state index in [2.05, 4.69) is 16.1 Å². The van der Waals surface area contributed by atoms with Crippen molar-refractivity contribution in [3.05, 3.63) is 51.7 Å². The minimum absolute atomic E-state index is 0.0181. The molecule has 0 bridgehead atoms. The van der Waals surface area contributed by atoms with Crippen molar-refractivity contribution in [1.82, 2.24) is 10.0 Å². The van der Waals surface area contributed by atoms with Crippen LogP contribution in [0.25, 0.3) is 0 Å². The summed E-state index contributed by atoms with van der Waals surface area (Å²) in [6, 6.07) is 10.1. The van der Waals surface area contributed by atoms with Gasteiger partial charge in [-0.1, -0.05) is 36.6 Å². The second kappa shape index (κ2) is 9.19. The van der Waals surface area contributed by atoms with E-state index in [0.717, 1.165) is 17.7 Å². The number of rotatable bonds is 8. The van der Waals surface area contributed by atoms with Gasteiger partial charge in [-0.25, -0.2) is 13.1 Å². The van der Waals surface area contributed by atoms with E-state index in [9.17, 15) is 13.2 Å². The van der Waals surface area contributed by atoms with E-state index in [1.807, 2.05) is 11.4 Å². The van der Waals surface area contributed by atoms with Crippen molar-refractivity contribution in [3.63, 3.8) is 0 Å². The Balaban J connectivity index is 1.55. The lowest BCUT2D eigenvalue weighted by atomic mass is 9.96. The predicted molar refractivity (Wildman–Crippen MR) is 108 cm³/mol. The third kappa shape index (κ3) is 5.54. The lowest BCUT2D eigenvalue weighted by Crippen LogP contribution is -2.35. The molecule has 0 saturated heterocycles. The molecule has 1 saturated carbocycles. The molecule has 0 aliphatic heterocycles. The normalized spacial score (nSPS) is 16.3. The summed E-state index contributed by atoms with van der Waals surface area (Å²) < 4.78 is 27.0. The number of nitrogens with one attached hydrogen (secondary N) is 2. The van der Waals surface area contributed by atoms with Crippen LogP contribution in [-0.4, -0.2) is 20.9 Å². The summed E-state index contributed by atoms with van der Waals surface area (Å²) in [6.45, 7) is 0.0442. The highest BCUT2D eigenvalue weighted by molar-refractivity contribution is 7.89. The van der Waals surface area contributed by atoms with E-state index in [1.165, 1.54) is 25.0 Å². The lowest BCUT2D eigenvalue weighted by Gasteiger charge is -2.24. The molecule has 1 heterocycles. The van der Waals surface area contributed by atoms with Crippen LogP contribution in [-0.2, 0) is 14.8 Å². The molecule has 8 heteroatoms. The van der Waals surface area contributed by atoms with E-state index in [-0.39, 0.29) is 29.8 Å². The summed E-state index contributed by atoms with van der Waals surface area (Å²) in [5.74, 6) is 0.310. The van der Waals surface area contributed by atoms with Gasteiger partial charge in [-0.15, -0.1) is 11.3 Å². The Bertz CT molecular complexity index is 863. The largest absolute Gasteiger partial charge is 0.348 e. The van der Waals surface area contributed by atoms with Crippen LogP contribution in [0.15, 0.2) is 46.7 Å². The smallest absolute Gasteiger partial charge is 0.240 e. The average Bonchev–Trinajstić information content (AvgIpc) is 3.33. The van der Waals surface area contributed by atoms with Crippen LogP contribution in [0.1, 0.15) is 43.0 Å². The zero-order valence-corrected chi connectivity index (χ0v) is 17.2.